The van der Waals surface area contributed by atoms with Crippen LogP contribution in [0.3, 0.4) is 0 Å². The maximum Gasteiger partial charge on any atom is 0.0862 e. The second-order valence-electron chi connectivity index (χ2n) is 5.63. The van der Waals surface area contributed by atoms with Crippen molar-refractivity contribution in [2.75, 3.05) is 0 Å². The van der Waals surface area contributed by atoms with E-state index in [0.717, 1.165) is 32.1 Å². The summed E-state index contributed by atoms with van der Waals surface area (Å²) < 4.78 is 0. The van der Waals surface area contributed by atoms with Gasteiger partial charge >= 0.3 is 0 Å². The van der Waals surface area contributed by atoms with Crippen molar-refractivity contribution in [2.45, 2.75) is 62.6 Å². The van der Waals surface area contributed by atoms with Crippen LogP contribution in [0.5, 0.6) is 0 Å². The molecule has 82 valence electrons. The highest BCUT2D eigenvalue weighted by atomic mass is 16.3. The molecule has 0 spiro atoms. The molecule has 0 aromatic heterocycles. The lowest BCUT2D eigenvalue weighted by molar-refractivity contribution is -0.122. The molecule has 2 unspecified atom stereocenters. The summed E-state index contributed by atoms with van der Waals surface area (Å²) in [5.41, 5.74) is -1.10. The third-order valence-corrected chi connectivity index (χ3v) is 4.82. The second-order valence-corrected chi connectivity index (χ2v) is 5.63. The molecule has 0 aromatic rings. The molecule has 15 heavy (non-hydrogen) atoms. The van der Waals surface area contributed by atoms with Gasteiger partial charge in [-0.05, 0) is 38.5 Å². The van der Waals surface area contributed by atoms with Gasteiger partial charge in [-0.15, -0.1) is 0 Å². The summed E-state index contributed by atoms with van der Waals surface area (Å²) in [4.78, 5) is 0. The van der Waals surface area contributed by atoms with E-state index in [0.29, 0.717) is 12.1 Å². The molecule has 2 aliphatic heterocycles. The summed E-state index contributed by atoms with van der Waals surface area (Å²) in [6, 6.07) is 3.33. The van der Waals surface area contributed by atoms with Gasteiger partial charge in [-0.1, -0.05) is 6.42 Å². The van der Waals surface area contributed by atoms with E-state index in [9.17, 15) is 10.4 Å². The minimum absolute atomic E-state index is 0.407. The Hall–Kier alpha value is -0.590. The molecule has 2 bridgehead atoms. The first kappa shape index (κ1) is 9.62. The van der Waals surface area contributed by atoms with Crippen LogP contribution in [0.15, 0.2) is 0 Å². The zero-order valence-electron chi connectivity index (χ0n) is 9.00. The Balaban J connectivity index is 1.88. The van der Waals surface area contributed by atoms with E-state index in [-0.39, 0.29) is 0 Å². The fraction of sp³-hybridized carbons (Fsp3) is 0.917. The van der Waals surface area contributed by atoms with Crippen LogP contribution in [0.2, 0.25) is 0 Å². The monoisotopic (exact) mass is 206 g/mol. The van der Waals surface area contributed by atoms with Crippen LogP contribution < -0.4 is 5.32 Å². The molecule has 1 saturated carbocycles. The van der Waals surface area contributed by atoms with Gasteiger partial charge in [0.25, 0.3) is 0 Å². The van der Waals surface area contributed by atoms with Crippen LogP contribution >= 0.6 is 0 Å². The Morgan fingerprint density at radius 3 is 2.20 bits per heavy atom. The van der Waals surface area contributed by atoms with Gasteiger partial charge in [0.15, 0.2) is 0 Å². The summed E-state index contributed by atoms with van der Waals surface area (Å²) in [6.07, 6.45) is 6.84. The first-order chi connectivity index (χ1) is 7.17. The summed E-state index contributed by atoms with van der Waals surface area (Å²) in [5.74, 6) is 0. The normalized spacial score (nSPS) is 46.9. The average Bonchev–Trinajstić information content (AvgIpc) is 2.44. The molecule has 2 N–H and O–H groups in total. The molecular weight excluding hydrogens is 188 g/mol. The van der Waals surface area contributed by atoms with Gasteiger partial charge in [-0.25, -0.2) is 0 Å². The average molecular weight is 206 g/mol. The molecule has 1 aliphatic carbocycles. The number of nitrogens with zero attached hydrogens (tertiary/aromatic N) is 1. The van der Waals surface area contributed by atoms with Gasteiger partial charge in [0.1, 0.15) is 0 Å². The molecule has 3 rings (SSSR count). The summed E-state index contributed by atoms with van der Waals surface area (Å²) >= 11 is 0. The molecule has 2 atom stereocenters. The Morgan fingerprint density at radius 1 is 1.20 bits per heavy atom. The van der Waals surface area contributed by atoms with E-state index >= 15 is 0 Å². The maximum absolute atomic E-state index is 10.8. The number of aliphatic hydroxyl groups is 1. The third kappa shape index (κ3) is 1.18. The Morgan fingerprint density at radius 2 is 1.80 bits per heavy atom. The SMILES string of the molecule is N#CC1(C2(O)CC3CCC(C2)N3)CCC1. The lowest BCUT2D eigenvalue weighted by Crippen LogP contribution is -2.59. The number of hydrogen-bond acceptors (Lipinski definition) is 3. The molecule has 0 amide bonds. The molecule has 2 saturated heterocycles. The van der Waals surface area contributed by atoms with E-state index in [1.807, 2.05) is 0 Å². The molecular formula is C12H18N2O. The fourth-order valence-corrected chi connectivity index (χ4v) is 3.73. The first-order valence-electron chi connectivity index (χ1n) is 6.07. The second kappa shape index (κ2) is 2.96. The smallest absolute Gasteiger partial charge is 0.0862 e. The zero-order valence-corrected chi connectivity index (χ0v) is 9.00. The molecule has 3 fully saturated rings. The van der Waals surface area contributed by atoms with Crippen LogP contribution in [-0.2, 0) is 0 Å². The van der Waals surface area contributed by atoms with Gasteiger partial charge in [0.05, 0.1) is 17.1 Å². The Bertz CT molecular complexity index is 304. The highest BCUT2D eigenvalue weighted by Gasteiger charge is 2.58. The topological polar surface area (TPSA) is 56.0 Å². The minimum Gasteiger partial charge on any atom is -0.388 e. The van der Waals surface area contributed by atoms with Crippen molar-refractivity contribution in [3.05, 3.63) is 0 Å². The standard InChI is InChI=1S/C12H18N2O/c13-8-11(4-1-5-11)12(15)6-9-2-3-10(7-12)14-9/h9-10,14-15H,1-7H2. The van der Waals surface area contributed by atoms with E-state index in [1.54, 1.807) is 0 Å². The van der Waals surface area contributed by atoms with E-state index in [1.165, 1.54) is 12.8 Å². The number of piperidine rings is 1. The molecule has 2 heterocycles. The van der Waals surface area contributed by atoms with Crippen molar-refractivity contribution in [2.24, 2.45) is 5.41 Å². The van der Waals surface area contributed by atoms with Crippen molar-refractivity contribution in [3.63, 3.8) is 0 Å². The maximum atomic E-state index is 10.8. The van der Waals surface area contributed by atoms with Gasteiger partial charge in [-0.3, -0.25) is 0 Å². The largest absolute Gasteiger partial charge is 0.388 e. The Kier molecular flexibility index (Phi) is 1.90. The quantitative estimate of drug-likeness (QED) is 0.680. The highest BCUT2D eigenvalue weighted by Crippen LogP contribution is 2.54. The van der Waals surface area contributed by atoms with E-state index in [4.69, 9.17) is 0 Å². The number of nitrogens with one attached hydrogen (secondary N) is 1. The predicted octanol–water partition coefficient (Wildman–Crippen LogP) is 1.33. The fourth-order valence-electron chi connectivity index (χ4n) is 3.73. The van der Waals surface area contributed by atoms with E-state index < -0.39 is 11.0 Å². The lowest BCUT2D eigenvalue weighted by atomic mass is 9.56. The van der Waals surface area contributed by atoms with Crippen LogP contribution in [-0.4, -0.2) is 22.8 Å². The minimum atomic E-state index is -0.697. The molecule has 0 radical (unpaired) electrons. The van der Waals surface area contributed by atoms with Crippen molar-refractivity contribution in [3.8, 4) is 6.07 Å². The van der Waals surface area contributed by atoms with Crippen LogP contribution in [0.1, 0.15) is 44.9 Å². The lowest BCUT2D eigenvalue weighted by Gasteiger charge is -2.52. The van der Waals surface area contributed by atoms with Crippen LogP contribution in [0, 0.1) is 16.7 Å². The molecule has 0 aromatic carbocycles. The van der Waals surface area contributed by atoms with Gasteiger partial charge in [0.2, 0.25) is 0 Å². The third-order valence-electron chi connectivity index (χ3n) is 4.82. The summed E-state index contributed by atoms with van der Waals surface area (Å²) in [5, 5.41) is 23.6. The molecule has 3 aliphatic rings. The zero-order chi connectivity index (χ0) is 10.5. The van der Waals surface area contributed by atoms with Crippen molar-refractivity contribution in [1.29, 1.82) is 5.26 Å². The number of rotatable bonds is 1. The van der Waals surface area contributed by atoms with E-state index in [2.05, 4.69) is 11.4 Å². The van der Waals surface area contributed by atoms with Gasteiger partial charge in [0, 0.05) is 12.1 Å². The predicted molar refractivity (Wildman–Crippen MR) is 56.0 cm³/mol. The summed E-state index contributed by atoms with van der Waals surface area (Å²) in [6.45, 7) is 0. The van der Waals surface area contributed by atoms with Crippen molar-refractivity contribution >= 4 is 0 Å². The van der Waals surface area contributed by atoms with Crippen molar-refractivity contribution in [1.82, 2.24) is 5.32 Å². The van der Waals surface area contributed by atoms with Gasteiger partial charge < -0.3 is 10.4 Å². The highest BCUT2D eigenvalue weighted by molar-refractivity contribution is 5.19. The molecule has 3 nitrogen and oxygen atoms in total. The number of hydrogen-bond donors (Lipinski definition) is 2. The summed E-state index contributed by atoms with van der Waals surface area (Å²) in [7, 11) is 0. The van der Waals surface area contributed by atoms with Crippen LogP contribution in [0.4, 0.5) is 0 Å². The molecule has 3 heteroatoms. The number of nitriles is 1. The van der Waals surface area contributed by atoms with Crippen LogP contribution in [0.25, 0.3) is 0 Å². The number of fused-ring (bicyclic) bond motifs is 2. The first-order valence-corrected chi connectivity index (χ1v) is 6.07. The van der Waals surface area contributed by atoms with Gasteiger partial charge in [-0.2, -0.15) is 5.26 Å². The Labute approximate surface area is 90.5 Å². The van der Waals surface area contributed by atoms with Crippen molar-refractivity contribution < 1.29 is 5.11 Å².